The highest BCUT2D eigenvalue weighted by molar-refractivity contribution is 5.46. The number of ether oxygens (including phenoxy) is 2. The fraction of sp³-hybridized carbons (Fsp3) is 0.766. The van der Waals surface area contributed by atoms with Crippen LogP contribution in [0.3, 0.4) is 0 Å². The van der Waals surface area contributed by atoms with E-state index in [0.717, 1.165) is 56.0 Å². The molecule has 7 aliphatic heterocycles. The Balaban J connectivity index is 0.000000265. The molecule has 0 unspecified atom stereocenters. The smallest absolute Gasteiger partial charge is 0.123 e. The highest BCUT2D eigenvalue weighted by atomic mass is 16.5. The summed E-state index contributed by atoms with van der Waals surface area (Å²) in [6.45, 7) is 68.6. The Morgan fingerprint density at radius 3 is 1.11 bits per heavy atom. The van der Waals surface area contributed by atoms with Crippen molar-refractivity contribution >= 4 is 0 Å². The van der Waals surface area contributed by atoms with Gasteiger partial charge in [-0.05, 0) is 182 Å². The second kappa shape index (κ2) is 31.1. The summed E-state index contributed by atoms with van der Waals surface area (Å²) in [6, 6.07) is 26.2. The topological polar surface area (TPSA) is 34.7 Å². The van der Waals surface area contributed by atoms with Gasteiger partial charge in [-0.3, -0.25) is 24.5 Å². The molecule has 0 amide bonds. The van der Waals surface area contributed by atoms with Gasteiger partial charge in [0, 0.05) is 104 Å². The monoisotopic (exact) mass is 1160 g/mol. The highest BCUT2D eigenvalue weighted by Gasteiger charge is 2.55. The summed E-state index contributed by atoms with van der Waals surface area (Å²) < 4.78 is 11.8. The molecule has 84 heavy (non-hydrogen) atoms. The van der Waals surface area contributed by atoms with Crippen molar-refractivity contribution in [2.75, 3.05) is 72.1 Å². The van der Waals surface area contributed by atoms with Crippen molar-refractivity contribution in [1.82, 2.24) is 24.5 Å². The first kappa shape index (κ1) is 75.5. The molecule has 7 nitrogen and oxygen atoms in total. The molecule has 7 heterocycles. The van der Waals surface area contributed by atoms with Crippen molar-refractivity contribution < 1.29 is 9.47 Å². The van der Waals surface area contributed by atoms with Gasteiger partial charge in [0.1, 0.15) is 18.0 Å². The normalized spacial score (nSPS) is 22.2. The fourth-order valence-corrected chi connectivity index (χ4v) is 14.2. The summed E-state index contributed by atoms with van der Waals surface area (Å²) in [6.07, 6.45) is 16.1. The average Bonchev–Trinajstić information content (AvgIpc) is 3.34. The summed E-state index contributed by atoms with van der Waals surface area (Å²) >= 11 is 0. The summed E-state index contributed by atoms with van der Waals surface area (Å²) in [5.74, 6) is 1.09. The minimum absolute atomic E-state index is 0. The molecule has 0 radical (unpaired) electrons. The molecule has 0 bridgehead atoms. The first-order valence-corrected chi connectivity index (χ1v) is 34.4. The largest absolute Gasteiger partial charge is 0.492 e. The van der Waals surface area contributed by atoms with Crippen LogP contribution in [0.5, 0.6) is 5.75 Å². The van der Waals surface area contributed by atoms with E-state index in [2.05, 4.69) is 201 Å². The predicted octanol–water partition coefficient (Wildman–Crippen LogP) is 19.4. The Kier molecular flexibility index (Phi) is 27.9. The van der Waals surface area contributed by atoms with Gasteiger partial charge in [-0.25, -0.2) is 0 Å². The van der Waals surface area contributed by atoms with Gasteiger partial charge in [-0.2, -0.15) is 0 Å². The summed E-state index contributed by atoms with van der Waals surface area (Å²) in [5, 5.41) is 0. The maximum Gasteiger partial charge on any atom is 0.123 e. The van der Waals surface area contributed by atoms with Crippen molar-refractivity contribution in [3.8, 4) is 5.75 Å². The van der Waals surface area contributed by atoms with Gasteiger partial charge in [-0.1, -0.05) is 175 Å². The van der Waals surface area contributed by atoms with E-state index in [4.69, 9.17) is 9.47 Å². The maximum absolute atomic E-state index is 6.03. The standard InChI is InChI=1S/C15H21N.2C14H19NO.C12H23N.C11H21N.5C2H6.CH4/c1-14(2,3)16-10-15(11-16)9-8-12-6-4-5-7-13(12)15;1-13(2,3)15-8-14(9-15)10-16-12-7-5-4-6-11(12)14;1-13(2,3)15-9-14(10-15)12-7-5-4-6-11(12)8-16-14;1-11(2,3)13-9-12(10-13)7-5-4-6-8-12;1-10(2,3)12-8-11(9-12)6-4-5-7-11;5*1-2;/h4-7H,8-11H2,1-3H3;2*4-7H,8-10H2,1-3H3;4-10H2,1-3H3;4-9H2,1-3H3;5*1-2H3;1H4. The van der Waals surface area contributed by atoms with Crippen molar-refractivity contribution in [3.05, 3.63) is 101 Å². The Labute approximate surface area is 522 Å². The lowest BCUT2D eigenvalue weighted by Gasteiger charge is -2.57. The van der Waals surface area contributed by atoms with Crippen LogP contribution in [0, 0.1) is 10.8 Å². The molecule has 0 N–H and O–H groups in total. The third-order valence-corrected chi connectivity index (χ3v) is 19.7. The number of hydrogen-bond donors (Lipinski definition) is 0. The lowest BCUT2D eigenvalue weighted by atomic mass is 9.67. The van der Waals surface area contributed by atoms with Crippen LogP contribution in [0.15, 0.2) is 72.8 Å². The van der Waals surface area contributed by atoms with Crippen LogP contribution in [0.25, 0.3) is 0 Å². The van der Waals surface area contributed by atoms with E-state index < -0.39 is 0 Å². The molecule has 7 fully saturated rings. The van der Waals surface area contributed by atoms with Crippen LogP contribution in [-0.2, 0) is 34.2 Å². The van der Waals surface area contributed by atoms with Gasteiger partial charge >= 0.3 is 0 Å². The highest BCUT2D eigenvalue weighted by Crippen LogP contribution is 2.51. The molecule has 0 aromatic heterocycles. The Hall–Kier alpha value is -2.78. The molecular formula is C77H137N5O2. The number of likely N-dealkylation sites (tertiary alicyclic amines) is 5. The third kappa shape index (κ3) is 17.8. The number of fused-ring (bicyclic) bond motifs is 6. The van der Waals surface area contributed by atoms with Crippen molar-refractivity contribution in [1.29, 1.82) is 0 Å². The van der Waals surface area contributed by atoms with Crippen LogP contribution in [0.1, 0.15) is 273 Å². The van der Waals surface area contributed by atoms with Crippen LogP contribution >= 0.6 is 0 Å². The van der Waals surface area contributed by atoms with E-state index in [-0.39, 0.29) is 29.5 Å². The van der Waals surface area contributed by atoms with E-state index in [9.17, 15) is 0 Å². The molecule has 482 valence electrons. The van der Waals surface area contributed by atoms with Gasteiger partial charge in [0.15, 0.2) is 0 Å². The SMILES string of the molecule is C.CC.CC.CC.CC.CC.CC(C)(C)N1CC2(C1)OCc1ccccc12.CC(C)(C)N1CC2(CCCC2)C1.CC(C)(C)N1CC2(CCCCC2)C1.CC(C)(C)N1CC2(CCc3ccccc32)C1.CC(C)(C)N1CC2(COc3ccccc32)C1. The van der Waals surface area contributed by atoms with E-state index in [1.807, 2.05) is 69.2 Å². The third-order valence-electron chi connectivity index (χ3n) is 19.7. The quantitative estimate of drug-likeness (QED) is 0.222. The summed E-state index contributed by atoms with van der Waals surface area (Å²) in [4.78, 5) is 12.9. The molecule has 10 aliphatic rings. The zero-order chi connectivity index (χ0) is 62.5. The Morgan fingerprint density at radius 2 is 0.679 bits per heavy atom. The van der Waals surface area contributed by atoms with Gasteiger partial charge in [0.2, 0.25) is 0 Å². The first-order chi connectivity index (χ1) is 39.1. The van der Waals surface area contributed by atoms with E-state index in [0.29, 0.717) is 22.0 Å². The van der Waals surface area contributed by atoms with Crippen molar-refractivity contribution in [2.45, 2.75) is 302 Å². The van der Waals surface area contributed by atoms with Crippen LogP contribution < -0.4 is 4.74 Å². The van der Waals surface area contributed by atoms with Gasteiger partial charge in [0.25, 0.3) is 0 Å². The summed E-state index contributed by atoms with van der Waals surface area (Å²) in [5.41, 5.74) is 11.4. The molecule has 3 aromatic carbocycles. The number of benzene rings is 3. The molecular weight excluding hydrogens is 1030 g/mol. The second-order valence-electron chi connectivity index (χ2n) is 30.3. The molecule has 2 saturated carbocycles. The van der Waals surface area contributed by atoms with Crippen LogP contribution in [0.4, 0.5) is 0 Å². The van der Waals surface area contributed by atoms with E-state index >= 15 is 0 Å². The second-order valence-corrected chi connectivity index (χ2v) is 30.3. The predicted molar refractivity (Wildman–Crippen MR) is 369 cm³/mol. The molecule has 3 aromatic rings. The van der Waals surface area contributed by atoms with Crippen molar-refractivity contribution in [3.63, 3.8) is 0 Å². The van der Waals surface area contributed by atoms with Crippen molar-refractivity contribution in [2.24, 2.45) is 10.8 Å². The zero-order valence-corrected chi connectivity index (χ0v) is 59.2. The van der Waals surface area contributed by atoms with E-state index in [1.165, 1.54) is 127 Å². The van der Waals surface area contributed by atoms with Gasteiger partial charge in [-0.15, -0.1) is 0 Å². The lowest BCUT2D eigenvalue weighted by molar-refractivity contribution is -0.167. The van der Waals surface area contributed by atoms with Crippen LogP contribution in [-0.4, -0.2) is 124 Å². The number of nitrogens with zero attached hydrogens (tertiary/aromatic N) is 5. The van der Waals surface area contributed by atoms with Crippen LogP contribution in [0.2, 0.25) is 0 Å². The summed E-state index contributed by atoms with van der Waals surface area (Å²) in [7, 11) is 0. The number of para-hydroxylation sites is 1. The molecule has 0 atom stereocenters. The maximum atomic E-state index is 6.03. The number of rotatable bonds is 0. The van der Waals surface area contributed by atoms with Gasteiger partial charge < -0.3 is 9.47 Å². The number of hydrogen-bond acceptors (Lipinski definition) is 7. The minimum Gasteiger partial charge on any atom is -0.492 e. The zero-order valence-electron chi connectivity index (χ0n) is 59.2. The number of aryl methyl sites for hydroxylation is 1. The van der Waals surface area contributed by atoms with E-state index in [1.54, 1.807) is 11.1 Å². The molecule has 5 saturated heterocycles. The molecule has 13 rings (SSSR count). The minimum atomic E-state index is 0. The first-order valence-electron chi connectivity index (χ1n) is 34.4. The molecule has 5 spiro atoms. The Bertz CT molecular complexity index is 2130. The van der Waals surface area contributed by atoms with Gasteiger partial charge in [0.05, 0.1) is 12.0 Å². The fourth-order valence-electron chi connectivity index (χ4n) is 14.2. The molecule has 3 aliphatic carbocycles. The molecule has 7 heteroatoms. The Morgan fingerprint density at radius 1 is 0.345 bits per heavy atom. The average molecular weight is 1160 g/mol. The lowest BCUT2D eigenvalue weighted by Crippen LogP contribution is -2.65.